The van der Waals surface area contributed by atoms with Crippen molar-refractivity contribution in [2.45, 2.75) is 135 Å². The number of aromatic hydroxyl groups is 1. The van der Waals surface area contributed by atoms with Gasteiger partial charge in [0, 0.05) is 20.0 Å². The SMILES string of the molecule is CCCCN(C)C(=O)CCCCCCCCCCC1Cc2cc(O)ccc2C2CCC3(C)C(O)CCC3C12. The summed E-state index contributed by atoms with van der Waals surface area (Å²) in [7, 11) is 1.94. The molecule has 2 saturated carbocycles. The van der Waals surface area contributed by atoms with Gasteiger partial charge in [-0.15, -0.1) is 0 Å². The molecule has 4 heteroatoms. The Morgan fingerprint density at radius 2 is 1.71 bits per heavy atom. The van der Waals surface area contributed by atoms with E-state index in [0.717, 1.165) is 45.1 Å². The maximum absolute atomic E-state index is 12.2. The number of aliphatic hydroxyl groups excluding tert-OH is 1. The van der Waals surface area contributed by atoms with Crippen molar-refractivity contribution < 1.29 is 15.0 Å². The highest BCUT2D eigenvalue weighted by Crippen LogP contribution is 2.62. The van der Waals surface area contributed by atoms with Crippen molar-refractivity contribution in [3.8, 4) is 5.75 Å². The first-order chi connectivity index (χ1) is 18.3. The fourth-order valence-electron chi connectivity index (χ4n) is 8.49. The molecule has 0 spiro atoms. The fourth-order valence-corrected chi connectivity index (χ4v) is 8.49. The van der Waals surface area contributed by atoms with Crippen molar-refractivity contribution >= 4 is 5.91 Å². The predicted molar refractivity (Wildman–Crippen MR) is 156 cm³/mol. The standard InChI is InChI=1S/C34H55NO3/c1-4-5-22-35(3)32(38)15-13-11-9-7-6-8-10-12-14-25-23-26-24-27(36)16-17-28(26)29-20-21-34(2)30(33(25)29)18-19-31(34)37/h16-17,24-25,29-31,33,36-37H,4-15,18-23H2,1-3H3. The van der Waals surface area contributed by atoms with Crippen molar-refractivity contribution in [1.29, 1.82) is 0 Å². The minimum absolute atomic E-state index is 0.101. The zero-order chi connectivity index (χ0) is 27.1. The number of unbranched alkanes of at least 4 members (excludes halogenated alkanes) is 8. The molecular formula is C34H55NO3. The Balaban J connectivity index is 1.19. The molecule has 1 amide bonds. The lowest BCUT2D eigenvalue weighted by molar-refractivity contribution is -0.130. The average Bonchev–Trinajstić information content (AvgIpc) is 3.21. The second kappa shape index (κ2) is 13.7. The number of hydrogen-bond donors (Lipinski definition) is 2. The molecule has 0 aromatic heterocycles. The highest BCUT2D eigenvalue weighted by Gasteiger charge is 2.56. The number of phenols is 1. The number of rotatable bonds is 14. The Kier molecular flexibility index (Phi) is 10.6. The molecule has 6 unspecified atom stereocenters. The number of aliphatic hydroxyl groups is 1. The molecule has 3 aliphatic carbocycles. The van der Waals surface area contributed by atoms with Crippen molar-refractivity contribution in [2.24, 2.45) is 23.2 Å². The minimum atomic E-state index is -0.129. The topological polar surface area (TPSA) is 60.8 Å². The van der Waals surface area contributed by atoms with E-state index in [0.29, 0.717) is 41.7 Å². The van der Waals surface area contributed by atoms with Crippen LogP contribution in [0.25, 0.3) is 0 Å². The average molecular weight is 526 g/mol. The predicted octanol–water partition coefficient (Wildman–Crippen LogP) is 7.99. The van der Waals surface area contributed by atoms with Crippen LogP contribution in [0.3, 0.4) is 0 Å². The highest BCUT2D eigenvalue weighted by atomic mass is 16.3. The molecule has 3 aliphatic rings. The van der Waals surface area contributed by atoms with Crippen LogP contribution in [0.1, 0.15) is 134 Å². The monoisotopic (exact) mass is 525 g/mol. The summed E-state index contributed by atoms with van der Waals surface area (Å²) in [5, 5.41) is 21.1. The molecule has 4 rings (SSSR count). The lowest BCUT2D eigenvalue weighted by Crippen LogP contribution is -2.47. The molecule has 2 N–H and O–H groups in total. The van der Waals surface area contributed by atoms with E-state index in [9.17, 15) is 15.0 Å². The zero-order valence-electron chi connectivity index (χ0n) is 24.6. The maximum Gasteiger partial charge on any atom is 0.222 e. The quantitative estimate of drug-likeness (QED) is 0.242. The van der Waals surface area contributed by atoms with Gasteiger partial charge in [-0.3, -0.25) is 4.79 Å². The van der Waals surface area contributed by atoms with E-state index >= 15 is 0 Å². The van der Waals surface area contributed by atoms with Crippen molar-refractivity contribution in [1.82, 2.24) is 4.90 Å². The molecule has 0 saturated heterocycles. The third-order valence-corrected chi connectivity index (χ3v) is 10.8. The van der Waals surface area contributed by atoms with Gasteiger partial charge in [-0.05, 0) is 104 Å². The van der Waals surface area contributed by atoms with Crippen LogP contribution in [0.15, 0.2) is 18.2 Å². The second-order valence-electron chi connectivity index (χ2n) is 13.3. The Hall–Kier alpha value is -1.55. The summed E-state index contributed by atoms with van der Waals surface area (Å²) in [6.45, 7) is 5.44. The smallest absolute Gasteiger partial charge is 0.222 e. The van der Waals surface area contributed by atoms with Crippen LogP contribution in [0.2, 0.25) is 0 Å². The lowest BCUT2D eigenvalue weighted by atomic mass is 9.52. The van der Waals surface area contributed by atoms with Crippen LogP contribution in [0, 0.1) is 23.2 Å². The number of carbonyl (C=O) groups is 1. The number of carbonyl (C=O) groups excluding carboxylic acids is 1. The van der Waals surface area contributed by atoms with Crippen LogP contribution in [0.5, 0.6) is 5.75 Å². The van der Waals surface area contributed by atoms with Gasteiger partial charge in [-0.1, -0.05) is 71.3 Å². The fraction of sp³-hybridized carbons (Fsp3) is 0.794. The number of phenolic OH excluding ortho intramolecular Hbond substituents is 1. The van der Waals surface area contributed by atoms with Crippen LogP contribution >= 0.6 is 0 Å². The summed E-state index contributed by atoms with van der Waals surface area (Å²) in [5.74, 6) is 3.33. The zero-order valence-corrected chi connectivity index (χ0v) is 24.6. The number of fused-ring (bicyclic) bond motifs is 5. The molecule has 0 aliphatic heterocycles. The van der Waals surface area contributed by atoms with Gasteiger partial charge in [-0.25, -0.2) is 0 Å². The Bertz CT molecular complexity index is 900. The van der Waals surface area contributed by atoms with Gasteiger partial charge in [0.1, 0.15) is 5.75 Å². The minimum Gasteiger partial charge on any atom is -0.508 e. The van der Waals surface area contributed by atoms with Crippen LogP contribution in [0.4, 0.5) is 0 Å². The second-order valence-corrected chi connectivity index (χ2v) is 13.3. The molecule has 1 aromatic carbocycles. The van der Waals surface area contributed by atoms with E-state index in [1.165, 1.54) is 75.3 Å². The van der Waals surface area contributed by atoms with Gasteiger partial charge in [0.15, 0.2) is 0 Å². The van der Waals surface area contributed by atoms with Crippen molar-refractivity contribution in [3.63, 3.8) is 0 Å². The summed E-state index contributed by atoms with van der Waals surface area (Å²) in [6.07, 6.45) is 19.7. The van der Waals surface area contributed by atoms with Crippen molar-refractivity contribution in [3.05, 3.63) is 29.3 Å². The van der Waals surface area contributed by atoms with E-state index in [1.54, 1.807) is 0 Å². The van der Waals surface area contributed by atoms with Gasteiger partial charge in [0.25, 0.3) is 0 Å². The summed E-state index contributed by atoms with van der Waals surface area (Å²) >= 11 is 0. The normalized spacial score (nSPS) is 29.9. The molecule has 1 aromatic rings. The Morgan fingerprint density at radius 1 is 1.00 bits per heavy atom. The molecule has 0 heterocycles. The number of benzene rings is 1. The maximum atomic E-state index is 12.2. The molecule has 6 atom stereocenters. The summed E-state index contributed by atoms with van der Waals surface area (Å²) in [6, 6.07) is 6.12. The number of hydrogen-bond acceptors (Lipinski definition) is 3. The summed E-state index contributed by atoms with van der Waals surface area (Å²) in [4.78, 5) is 14.1. The summed E-state index contributed by atoms with van der Waals surface area (Å²) in [5.41, 5.74) is 2.97. The molecule has 214 valence electrons. The molecule has 38 heavy (non-hydrogen) atoms. The van der Waals surface area contributed by atoms with Crippen LogP contribution < -0.4 is 0 Å². The Morgan fingerprint density at radius 3 is 2.45 bits per heavy atom. The van der Waals surface area contributed by atoms with Gasteiger partial charge < -0.3 is 15.1 Å². The Labute approximate surface area is 232 Å². The van der Waals surface area contributed by atoms with Gasteiger partial charge in [0.2, 0.25) is 5.91 Å². The largest absolute Gasteiger partial charge is 0.508 e. The van der Waals surface area contributed by atoms with Gasteiger partial charge >= 0.3 is 0 Å². The first-order valence-electron chi connectivity index (χ1n) is 16.1. The van der Waals surface area contributed by atoms with Crippen LogP contribution in [-0.2, 0) is 11.2 Å². The molecule has 0 bridgehead atoms. The third-order valence-electron chi connectivity index (χ3n) is 10.8. The van der Waals surface area contributed by atoms with E-state index in [4.69, 9.17) is 0 Å². The first-order valence-corrected chi connectivity index (χ1v) is 16.1. The number of amides is 1. The first kappa shape index (κ1) is 29.4. The lowest BCUT2D eigenvalue weighted by Gasteiger charge is -2.53. The van der Waals surface area contributed by atoms with Crippen LogP contribution in [-0.4, -0.2) is 40.7 Å². The van der Waals surface area contributed by atoms with E-state index in [1.807, 2.05) is 24.1 Å². The molecule has 0 radical (unpaired) electrons. The molecule has 4 nitrogen and oxygen atoms in total. The number of nitrogens with zero attached hydrogens (tertiary/aromatic N) is 1. The van der Waals surface area contributed by atoms with E-state index in [-0.39, 0.29) is 11.5 Å². The van der Waals surface area contributed by atoms with E-state index in [2.05, 4.69) is 19.9 Å². The van der Waals surface area contributed by atoms with Gasteiger partial charge in [-0.2, -0.15) is 0 Å². The van der Waals surface area contributed by atoms with Crippen molar-refractivity contribution in [2.75, 3.05) is 13.6 Å². The highest BCUT2D eigenvalue weighted by molar-refractivity contribution is 5.75. The van der Waals surface area contributed by atoms with Gasteiger partial charge in [0.05, 0.1) is 6.10 Å². The van der Waals surface area contributed by atoms with E-state index < -0.39 is 0 Å². The third kappa shape index (κ3) is 6.77. The summed E-state index contributed by atoms with van der Waals surface area (Å²) < 4.78 is 0. The molecule has 2 fully saturated rings. The molecular weight excluding hydrogens is 470 g/mol.